The summed E-state index contributed by atoms with van der Waals surface area (Å²) in [6.07, 6.45) is 1.02. The number of thiazole rings is 1. The molecule has 0 spiro atoms. The number of nitrogens with zero attached hydrogens (tertiary/aromatic N) is 2. The lowest BCUT2D eigenvalue weighted by atomic mass is 10.2. The number of benzene rings is 1. The number of hydrogen-bond donors (Lipinski definition) is 0. The zero-order valence-electron chi connectivity index (χ0n) is 16.8. The highest BCUT2D eigenvalue weighted by Gasteiger charge is 2.18. The monoisotopic (exact) mass is 470 g/mol. The molecule has 162 valence electrons. The van der Waals surface area contributed by atoms with Crippen molar-refractivity contribution >= 4 is 53.4 Å². The predicted molar refractivity (Wildman–Crippen MR) is 118 cm³/mol. The van der Waals surface area contributed by atoms with Gasteiger partial charge in [0, 0.05) is 13.1 Å². The smallest absolute Gasteiger partial charge is 0.348 e. The molecule has 0 saturated heterocycles. The number of aromatic nitrogens is 1. The average molecular weight is 471 g/mol. The van der Waals surface area contributed by atoms with Crippen LogP contribution in [0, 0.1) is 0 Å². The topological polar surface area (TPSA) is 95.0 Å². The van der Waals surface area contributed by atoms with E-state index in [0.29, 0.717) is 24.6 Å². The number of carbonyl (C=O) groups excluding carboxylic acids is 1. The zero-order valence-corrected chi connectivity index (χ0v) is 19.2. The van der Waals surface area contributed by atoms with Gasteiger partial charge in [-0.25, -0.2) is 9.78 Å². The van der Waals surface area contributed by atoms with E-state index in [4.69, 9.17) is 13.7 Å². The van der Waals surface area contributed by atoms with Gasteiger partial charge in [0.1, 0.15) is 15.5 Å². The van der Waals surface area contributed by atoms with E-state index < -0.39 is 10.1 Å². The molecule has 11 heteroatoms. The first-order valence-corrected chi connectivity index (χ1v) is 12.5. The molecule has 0 fully saturated rings. The molecule has 3 rings (SSSR count). The van der Waals surface area contributed by atoms with Crippen molar-refractivity contribution in [1.29, 1.82) is 0 Å². The molecule has 0 N–H and O–H groups in total. The lowest BCUT2D eigenvalue weighted by molar-refractivity contribution is 0.0532. The number of fused-ring (bicyclic) bond motifs is 1. The second-order valence-corrected chi connectivity index (χ2v) is 9.98. The van der Waals surface area contributed by atoms with E-state index in [0.717, 1.165) is 32.2 Å². The van der Waals surface area contributed by atoms with Crippen LogP contribution in [-0.4, -0.2) is 52.5 Å². The lowest BCUT2D eigenvalue weighted by Gasteiger charge is -2.21. The molecule has 0 unspecified atom stereocenters. The highest BCUT2D eigenvalue weighted by Crippen LogP contribution is 2.35. The number of ether oxygens (including phenoxy) is 2. The van der Waals surface area contributed by atoms with Crippen LogP contribution in [-0.2, 0) is 25.6 Å². The molecular formula is C19H22N2O6S3. The summed E-state index contributed by atoms with van der Waals surface area (Å²) in [5.74, 6) is 0.401. The summed E-state index contributed by atoms with van der Waals surface area (Å²) in [4.78, 5) is 19.8. The minimum absolute atomic E-state index is 0.0102. The Morgan fingerprint density at radius 3 is 2.53 bits per heavy atom. The summed E-state index contributed by atoms with van der Waals surface area (Å²) in [7, 11) is -1.92. The summed E-state index contributed by atoms with van der Waals surface area (Å²) in [5.41, 5.74) is 1.01. The summed E-state index contributed by atoms with van der Waals surface area (Å²) in [6, 6.07) is 9.40. The quantitative estimate of drug-likeness (QED) is 0.328. The number of rotatable bonds is 10. The Morgan fingerprint density at radius 2 is 1.93 bits per heavy atom. The van der Waals surface area contributed by atoms with Crippen LogP contribution in [0.2, 0.25) is 0 Å². The molecule has 0 aliphatic carbocycles. The Hall–Kier alpha value is -2.21. The van der Waals surface area contributed by atoms with Crippen molar-refractivity contribution in [1.82, 2.24) is 4.98 Å². The zero-order chi connectivity index (χ0) is 21.7. The van der Waals surface area contributed by atoms with Crippen molar-refractivity contribution in [3.63, 3.8) is 0 Å². The van der Waals surface area contributed by atoms with Crippen molar-refractivity contribution in [3.8, 4) is 5.75 Å². The van der Waals surface area contributed by atoms with Gasteiger partial charge in [0.15, 0.2) is 5.13 Å². The number of carbonyl (C=O) groups is 1. The normalized spacial score (nSPS) is 11.6. The maximum absolute atomic E-state index is 11.9. The maximum atomic E-state index is 11.9. The van der Waals surface area contributed by atoms with Crippen molar-refractivity contribution in [2.45, 2.75) is 13.5 Å². The molecule has 30 heavy (non-hydrogen) atoms. The number of thiophene rings is 1. The average Bonchev–Trinajstić information content (AvgIpc) is 3.26. The molecule has 3 aromatic rings. The van der Waals surface area contributed by atoms with Crippen LogP contribution >= 0.6 is 22.7 Å². The molecule has 0 saturated carbocycles. The van der Waals surface area contributed by atoms with Gasteiger partial charge in [-0.05, 0) is 30.7 Å². The van der Waals surface area contributed by atoms with E-state index in [-0.39, 0.29) is 12.6 Å². The highest BCUT2D eigenvalue weighted by molar-refractivity contribution is 7.85. The second kappa shape index (κ2) is 9.73. The first-order valence-electron chi connectivity index (χ1n) is 9.09. The van der Waals surface area contributed by atoms with Crippen molar-refractivity contribution in [2.75, 3.05) is 38.0 Å². The fraction of sp³-hybridized carbons (Fsp3) is 0.368. The van der Waals surface area contributed by atoms with Crippen LogP contribution in [0.25, 0.3) is 9.53 Å². The summed E-state index contributed by atoms with van der Waals surface area (Å²) in [5, 5.41) is 0.722. The molecule has 0 atom stereocenters. The first-order chi connectivity index (χ1) is 14.3. The van der Waals surface area contributed by atoms with Crippen LogP contribution in [0.3, 0.4) is 0 Å². The van der Waals surface area contributed by atoms with E-state index in [1.807, 2.05) is 29.2 Å². The van der Waals surface area contributed by atoms with Crippen molar-refractivity contribution in [3.05, 3.63) is 40.8 Å². The molecule has 1 aromatic carbocycles. The van der Waals surface area contributed by atoms with Crippen LogP contribution in [0.15, 0.2) is 30.3 Å². The summed E-state index contributed by atoms with van der Waals surface area (Å²) in [6.45, 7) is 2.95. The van der Waals surface area contributed by atoms with Gasteiger partial charge in [0.25, 0.3) is 10.1 Å². The van der Waals surface area contributed by atoms with Gasteiger partial charge in [-0.3, -0.25) is 4.18 Å². The molecule has 0 amide bonds. The standard InChI is InChI=1S/C19H22N2O6S3/c1-4-26-18(22)16-11-15-17(28-16)20-19(29-15)21(9-10-27-30(3,23)24)12-13-5-7-14(25-2)8-6-13/h5-8,11H,4,9-10,12H2,1-3H3. The third-order valence-corrected chi connectivity index (χ3v) is 6.81. The number of esters is 1. The van der Waals surface area contributed by atoms with Crippen LogP contribution < -0.4 is 9.64 Å². The molecule has 0 aliphatic heterocycles. The van der Waals surface area contributed by atoms with E-state index >= 15 is 0 Å². The number of hydrogen-bond acceptors (Lipinski definition) is 10. The largest absolute Gasteiger partial charge is 0.497 e. The third-order valence-electron chi connectivity index (χ3n) is 4.02. The highest BCUT2D eigenvalue weighted by atomic mass is 32.2. The van der Waals surface area contributed by atoms with Crippen LogP contribution in [0.5, 0.6) is 5.75 Å². The van der Waals surface area contributed by atoms with Gasteiger partial charge in [-0.15, -0.1) is 11.3 Å². The van der Waals surface area contributed by atoms with Gasteiger partial charge in [0.2, 0.25) is 0 Å². The Kier molecular flexibility index (Phi) is 7.29. The Morgan fingerprint density at radius 1 is 1.20 bits per heavy atom. The minimum Gasteiger partial charge on any atom is -0.497 e. The van der Waals surface area contributed by atoms with Gasteiger partial charge in [-0.1, -0.05) is 23.5 Å². The SMILES string of the molecule is CCOC(=O)c1cc2sc(N(CCOS(C)(=O)=O)Cc3ccc(OC)cc3)nc2s1. The maximum Gasteiger partial charge on any atom is 0.348 e. The minimum atomic E-state index is -3.53. The number of methoxy groups -OCH3 is 1. The summed E-state index contributed by atoms with van der Waals surface area (Å²) >= 11 is 2.71. The van der Waals surface area contributed by atoms with Crippen molar-refractivity contribution in [2.24, 2.45) is 0 Å². The summed E-state index contributed by atoms with van der Waals surface area (Å²) < 4.78 is 38.7. The third kappa shape index (κ3) is 5.91. The van der Waals surface area contributed by atoms with Gasteiger partial charge >= 0.3 is 5.97 Å². The first kappa shape index (κ1) is 22.5. The molecule has 8 nitrogen and oxygen atoms in total. The molecule has 0 aliphatic rings. The lowest BCUT2D eigenvalue weighted by Crippen LogP contribution is -2.27. The van der Waals surface area contributed by atoms with Gasteiger partial charge in [-0.2, -0.15) is 8.42 Å². The molecule has 2 heterocycles. The Labute approximate surface area is 183 Å². The predicted octanol–water partition coefficient (Wildman–Crippen LogP) is 3.53. The second-order valence-electron chi connectivity index (χ2n) is 6.29. The van der Waals surface area contributed by atoms with Gasteiger partial charge < -0.3 is 14.4 Å². The Balaban J connectivity index is 1.82. The van der Waals surface area contributed by atoms with E-state index in [2.05, 4.69) is 4.98 Å². The fourth-order valence-corrected chi connectivity index (χ4v) is 5.16. The van der Waals surface area contributed by atoms with Gasteiger partial charge in [0.05, 0.1) is 31.3 Å². The Bertz CT molecular complexity index is 1070. The van der Waals surface area contributed by atoms with Crippen LogP contribution in [0.4, 0.5) is 5.13 Å². The molecule has 0 bridgehead atoms. The molecular weight excluding hydrogens is 448 g/mol. The molecule has 2 aromatic heterocycles. The molecule has 0 radical (unpaired) electrons. The van der Waals surface area contributed by atoms with E-state index in [9.17, 15) is 13.2 Å². The number of anilines is 1. The van der Waals surface area contributed by atoms with Crippen molar-refractivity contribution < 1.29 is 26.9 Å². The van der Waals surface area contributed by atoms with Crippen LogP contribution in [0.1, 0.15) is 22.2 Å². The van der Waals surface area contributed by atoms with E-state index in [1.165, 1.54) is 22.7 Å². The fourth-order valence-electron chi connectivity index (χ4n) is 2.65. The van der Waals surface area contributed by atoms with E-state index in [1.54, 1.807) is 20.1 Å².